The first-order valence-corrected chi connectivity index (χ1v) is 16.1. The van der Waals surface area contributed by atoms with E-state index in [2.05, 4.69) is 34.6 Å². The molecule has 0 aromatic rings. The first-order valence-electron chi connectivity index (χ1n) is 16.1. The molecule has 5 saturated carbocycles. The molecule has 2 spiro atoms. The van der Waals surface area contributed by atoms with Gasteiger partial charge >= 0.3 is 11.9 Å². The van der Waals surface area contributed by atoms with Crippen LogP contribution in [0.15, 0.2) is 0 Å². The van der Waals surface area contributed by atoms with Crippen LogP contribution in [0.25, 0.3) is 0 Å². The van der Waals surface area contributed by atoms with Crippen LogP contribution in [0.5, 0.6) is 0 Å². The largest absolute Gasteiger partial charge is 0.461 e. The molecule has 6 fully saturated rings. The Morgan fingerprint density at radius 2 is 1.83 bits per heavy atom. The van der Waals surface area contributed by atoms with Crippen molar-refractivity contribution in [2.45, 2.75) is 131 Å². The lowest BCUT2D eigenvalue weighted by atomic mass is 9.41. The summed E-state index contributed by atoms with van der Waals surface area (Å²) in [6, 6.07) is 0. The van der Waals surface area contributed by atoms with Crippen LogP contribution in [0, 0.1) is 63.0 Å². The minimum Gasteiger partial charge on any atom is -0.461 e. The van der Waals surface area contributed by atoms with E-state index in [1.165, 1.54) is 12.8 Å². The Morgan fingerprint density at radius 3 is 2.45 bits per heavy atom. The molecule has 5 aliphatic carbocycles. The summed E-state index contributed by atoms with van der Waals surface area (Å²) in [5, 5.41) is 23.3. The number of rotatable bonds is 5. The van der Waals surface area contributed by atoms with Crippen LogP contribution in [0.1, 0.15) is 107 Å². The van der Waals surface area contributed by atoms with Gasteiger partial charge in [-0.2, -0.15) is 0 Å². The number of carbonyl (C=O) groups is 2. The third-order valence-corrected chi connectivity index (χ3v) is 13.6. The highest BCUT2D eigenvalue weighted by molar-refractivity contribution is 5.71. The van der Waals surface area contributed by atoms with Gasteiger partial charge in [-0.05, 0) is 99.2 Å². The minimum absolute atomic E-state index is 0.0705. The molecule has 1 heterocycles. The summed E-state index contributed by atoms with van der Waals surface area (Å²) in [5.41, 5.74) is 3.81. The normalized spacial score (nSPS) is 47.3. The molecular weight excluding hydrogens is 534 g/mol. The third kappa shape index (κ3) is 3.79. The van der Waals surface area contributed by atoms with E-state index in [0.717, 1.165) is 44.9 Å². The zero-order valence-corrected chi connectivity index (χ0v) is 26.8. The van der Waals surface area contributed by atoms with E-state index in [9.17, 15) is 19.8 Å². The number of aliphatic hydroxyl groups excluding tert-OH is 1. The average molecular weight is 587 g/mol. The monoisotopic (exact) mass is 586 g/mol. The van der Waals surface area contributed by atoms with Crippen LogP contribution in [-0.2, 0) is 23.8 Å². The fraction of sp³-hybridized carbons (Fsp3) is 0.853. The van der Waals surface area contributed by atoms with Gasteiger partial charge in [-0.25, -0.2) is 0 Å². The van der Waals surface area contributed by atoms with Crippen molar-refractivity contribution >= 4 is 11.9 Å². The Balaban J connectivity index is 1.31. The molecular formula is C34H52NO7. The summed E-state index contributed by atoms with van der Waals surface area (Å²) in [4.78, 5) is 24.2. The summed E-state index contributed by atoms with van der Waals surface area (Å²) in [6.45, 7) is 15.9. The Hall–Kier alpha value is -1.22. The van der Waals surface area contributed by atoms with Crippen LogP contribution < -0.4 is 5.73 Å². The van der Waals surface area contributed by atoms with E-state index in [1.807, 2.05) is 0 Å². The van der Waals surface area contributed by atoms with Crippen LogP contribution >= 0.6 is 0 Å². The molecule has 8 nitrogen and oxygen atoms in total. The van der Waals surface area contributed by atoms with Gasteiger partial charge < -0.3 is 30.2 Å². The van der Waals surface area contributed by atoms with Gasteiger partial charge in [-0.1, -0.05) is 34.6 Å². The van der Waals surface area contributed by atoms with E-state index >= 15 is 0 Å². The fourth-order valence-electron chi connectivity index (χ4n) is 11.8. The lowest BCUT2D eigenvalue weighted by molar-refractivity contribution is -0.171. The third-order valence-electron chi connectivity index (χ3n) is 13.6. The fourth-order valence-corrected chi connectivity index (χ4v) is 11.8. The highest BCUT2D eigenvalue weighted by Gasteiger charge is 2.85. The Morgan fingerprint density at radius 1 is 1.14 bits per heavy atom. The van der Waals surface area contributed by atoms with Gasteiger partial charge in [-0.3, -0.25) is 9.59 Å². The molecule has 0 amide bonds. The van der Waals surface area contributed by atoms with Crippen molar-refractivity contribution in [2.75, 3.05) is 6.54 Å². The van der Waals surface area contributed by atoms with Crippen LogP contribution in [0.2, 0.25) is 0 Å². The molecule has 6 rings (SSSR count). The van der Waals surface area contributed by atoms with E-state index in [-0.39, 0.29) is 52.1 Å². The Labute approximate surface area is 251 Å². The number of hydrogen-bond acceptors (Lipinski definition) is 8. The van der Waals surface area contributed by atoms with Crippen molar-refractivity contribution in [3.05, 3.63) is 18.1 Å². The summed E-state index contributed by atoms with van der Waals surface area (Å²) in [6.07, 6.45) is 7.15. The zero-order chi connectivity index (χ0) is 30.8. The van der Waals surface area contributed by atoms with Crippen LogP contribution in [0.3, 0.4) is 0 Å². The first kappa shape index (κ1) is 30.8. The number of hydrogen-bond donors (Lipinski definition) is 3. The maximum absolute atomic E-state index is 12.3. The van der Waals surface area contributed by atoms with E-state index in [1.54, 1.807) is 13.8 Å². The number of ether oxygens (including phenoxy) is 3. The SMILES string of the molecule is CC(=O)O[C@@H]([C]1C[C@@H](C)[C@H]2[C](O1)[C@H](O)[C@@]1(C)[C]3CC[C@H]4C(C)(C)C(OC(=O)CN)CC[C@@]45C[C@@]35CC[C@]21C)C(C)(C)O. The second kappa shape index (κ2) is 9.40. The molecule has 1 saturated heterocycles. The van der Waals surface area contributed by atoms with E-state index in [4.69, 9.17) is 19.9 Å². The zero-order valence-electron chi connectivity index (χ0n) is 26.8. The minimum atomic E-state index is -1.32. The Bertz CT molecular complexity index is 1130. The summed E-state index contributed by atoms with van der Waals surface area (Å²) in [5.74, 6) is 1.42. The number of nitrogens with two attached hydrogens (primary N) is 1. The summed E-state index contributed by atoms with van der Waals surface area (Å²) in [7, 11) is 0. The molecule has 0 aromatic carbocycles. The maximum Gasteiger partial charge on any atom is 0.319 e. The van der Waals surface area contributed by atoms with Gasteiger partial charge in [0.2, 0.25) is 0 Å². The predicted octanol–water partition coefficient (Wildman–Crippen LogP) is 4.66. The molecule has 1 aliphatic heterocycles. The van der Waals surface area contributed by atoms with Crippen molar-refractivity contribution in [2.24, 2.45) is 50.6 Å². The highest BCUT2D eigenvalue weighted by atomic mass is 16.6. The molecule has 42 heavy (non-hydrogen) atoms. The van der Waals surface area contributed by atoms with E-state index < -0.39 is 29.2 Å². The van der Waals surface area contributed by atoms with Crippen molar-refractivity contribution in [1.29, 1.82) is 0 Å². The number of fused-ring (bicyclic) bond motifs is 4. The molecule has 8 heteroatoms. The molecule has 1 unspecified atom stereocenters. The molecule has 3 radical (unpaired) electrons. The standard InChI is InChI=1S/C34H52NO7/c1-18-15-20(28(30(5,6)39)40-19(2)36)41-26-25(18)31(7)13-14-34-17-33(34)12-11-23(42-24(37)16-35)29(3,4)21(33)9-10-22(34)32(31,8)27(26)38/h18,21,23,25,27-28,38-39H,9-17,35H2,1-8H3/t18-,21+,23?,25+,27+,28+,31-,32-,33-,34+/m1/s1. The van der Waals surface area contributed by atoms with Gasteiger partial charge in [0, 0.05) is 23.7 Å². The van der Waals surface area contributed by atoms with Gasteiger partial charge in [0.05, 0.1) is 18.2 Å². The quantitative estimate of drug-likeness (QED) is 0.397. The van der Waals surface area contributed by atoms with Gasteiger partial charge in [0.15, 0.2) is 6.10 Å². The average Bonchev–Trinajstić information content (AvgIpc) is 3.52. The number of esters is 2. The van der Waals surface area contributed by atoms with Crippen LogP contribution in [0.4, 0.5) is 0 Å². The van der Waals surface area contributed by atoms with Crippen LogP contribution in [-0.4, -0.2) is 52.6 Å². The molecule has 235 valence electrons. The van der Waals surface area contributed by atoms with Crippen molar-refractivity contribution in [3.8, 4) is 0 Å². The topological polar surface area (TPSA) is 128 Å². The highest BCUT2D eigenvalue weighted by Crippen LogP contribution is 2.90. The van der Waals surface area contributed by atoms with Gasteiger partial charge in [0.1, 0.15) is 18.3 Å². The first-order chi connectivity index (χ1) is 19.4. The second-order valence-electron chi connectivity index (χ2n) is 16.3. The predicted molar refractivity (Wildman–Crippen MR) is 156 cm³/mol. The van der Waals surface area contributed by atoms with E-state index in [0.29, 0.717) is 24.5 Å². The lowest BCUT2D eigenvalue weighted by Gasteiger charge is -2.63. The summed E-state index contributed by atoms with van der Waals surface area (Å²) < 4.78 is 18.1. The van der Waals surface area contributed by atoms with Gasteiger partial charge in [-0.15, -0.1) is 0 Å². The van der Waals surface area contributed by atoms with Crippen molar-refractivity contribution in [3.63, 3.8) is 0 Å². The number of carbonyl (C=O) groups excluding carboxylic acids is 2. The smallest absolute Gasteiger partial charge is 0.319 e. The maximum atomic E-state index is 12.3. The second-order valence-corrected chi connectivity index (χ2v) is 16.3. The molecule has 6 aliphatic rings. The molecule has 0 bridgehead atoms. The van der Waals surface area contributed by atoms with Crippen molar-refractivity contribution in [1.82, 2.24) is 0 Å². The molecule has 10 atom stereocenters. The molecule has 4 N–H and O–H groups in total. The lowest BCUT2D eigenvalue weighted by Crippen LogP contribution is -2.59. The Kier molecular flexibility index (Phi) is 6.89. The summed E-state index contributed by atoms with van der Waals surface area (Å²) >= 11 is 0. The number of aliphatic hydroxyl groups is 2. The molecule has 0 aromatic heterocycles. The van der Waals surface area contributed by atoms with Crippen molar-refractivity contribution < 1.29 is 34.0 Å². The van der Waals surface area contributed by atoms with Gasteiger partial charge in [0.25, 0.3) is 0 Å².